The summed E-state index contributed by atoms with van der Waals surface area (Å²) >= 11 is 0. The number of amides is 1. The van der Waals surface area contributed by atoms with Crippen LogP contribution in [-0.2, 0) is 17.6 Å². The largest absolute Gasteiger partial charge is 0.480 e. The Morgan fingerprint density at radius 2 is 2.15 bits per heavy atom. The van der Waals surface area contributed by atoms with E-state index in [2.05, 4.69) is 17.1 Å². The number of aryl methyl sites for hydroxylation is 1. The first-order valence-electron chi connectivity index (χ1n) is 9.30. The second-order valence-corrected chi connectivity index (χ2v) is 7.14. The van der Waals surface area contributed by atoms with Crippen molar-refractivity contribution in [2.45, 2.75) is 38.6 Å². The number of carbonyl (C=O) groups is 2. The lowest BCUT2D eigenvalue weighted by molar-refractivity contribution is -0.135. The minimum absolute atomic E-state index is 0.400. The number of nitrogens with one attached hydrogen (secondary N) is 1. The minimum atomic E-state index is -1.07. The third-order valence-corrected chi connectivity index (χ3v) is 5.30. The fourth-order valence-electron chi connectivity index (χ4n) is 3.67. The van der Waals surface area contributed by atoms with E-state index in [1.165, 1.54) is 0 Å². The van der Waals surface area contributed by atoms with Crippen LogP contribution >= 0.6 is 0 Å². The number of benzene rings is 1. The lowest BCUT2D eigenvalue weighted by Gasteiger charge is -2.39. The third kappa shape index (κ3) is 3.37. The molecule has 0 saturated carbocycles. The molecule has 140 valence electrons. The number of fused-ring (bicyclic) bond motifs is 1. The van der Waals surface area contributed by atoms with E-state index in [1.807, 2.05) is 6.07 Å². The van der Waals surface area contributed by atoms with Crippen molar-refractivity contribution in [2.24, 2.45) is 0 Å². The first kappa shape index (κ1) is 17.5. The number of anilines is 1. The van der Waals surface area contributed by atoms with Gasteiger partial charge in [0.15, 0.2) is 0 Å². The maximum absolute atomic E-state index is 12.2. The highest BCUT2D eigenvalue weighted by atomic mass is 16.4. The molecule has 2 N–H and O–H groups in total. The molecule has 0 bridgehead atoms. The maximum Gasteiger partial charge on any atom is 0.322 e. The van der Waals surface area contributed by atoms with E-state index < -0.39 is 18.4 Å². The lowest BCUT2D eigenvalue weighted by atomic mass is 10.0. The van der Waals surface area contributed by atoms with Crippen LogP contribution in [0.2, 0.25) is 0 Å². The average Bonchev–Trinajstić information content (AvgIpc) is 3.12. The summed E-state index contributed by atoms with van der Waals surface area (Å²) in [6.07, 6.45) is 4.11. The molecule has 1 amide bonds. The van der Waals surface area contributed by atoms with E-state index in [0.29, 0.717) is 11.6 Å². The topological polar surface area (TPSA) is 95.4 Å². The van der Waals surface area contributed by atoms with Crippen molar-refractivity contribution in [3.63, 3.8) is 0 Å². The summed E-state index contributed by atoms with van der Waals surface area (Å²) in [5.74, 6) is -0.701. The van der Waals surface area contributed by atoms with Gasteiger partial charge in [-0.1, -0.05) is 12.1 Å². The van der Waals surface area contributed by atoms with Crippen molar-refractivity contribution < 1.29 is 14.7 Å². The summed E-state index contributed by atoms with van der Waals surface area (Å²) in [6.45, 7) is 2.74. The number of rotatable bonds is 5. The molecule has 1 aromatic carbocycles. The van der Waals surface area contributed by atoms with Gasteiger partial charge >= 0.3 is 5.97 Å². The number of hydrogen-bond acceptors (Lipinski definition) is 5. The van der Waals surface area contributed by atoms with Crippen molar-refractivity contribution in [1.82, 2.24) is 15.3 Å². The average molecular weight is 366 g/mol. The van der Waals surface area contributed by atoms with Gasteiger partial charge in [-0.25, -0.2) is 9.97 Å². The summed E-state index contributed by atoms with van der Waals surface area (Å²) < 4.78 is 0. The molecule has 2 heterocycles. The van der Waals surface area contributed by atoms with Crippen molar-refractivity contribution in [1.29, 1.82) is 0 Å². The van der Waals surface area contributed by atoms with Crippen molar-refractivity contribution in [2.75, 3.05) is 18.0 Å². The van der Waals surface area contributed by atoms with Gasteiger partial charge in [0.1, 0.15) is 6.54 Å². The Balaban J connectivity index is 1.70. The normalized spacial score (nSPS) is 18.0. The number of hydrogen-bond donors (Lipinski definition) is 2. The highest BCUT2D eigenvalue weighted by Gasteiger charge is 2.29. The molecule has 1 aliphatic heterocycles. The van der Waals surface area contributed by atoms with Gasteiger partial charge in [-0.05, 0) is 44.7 Å². The molecule has 7 nitrogen and oxygen atoms in total. The number of carbonyl (C=O) groups excluding carboxylic acids is 1. The zero-order valence-corrected chi connectivity index (χ0v) is 15.2. The van der Waals surface area contributed by atoms with E-state index >= 15 is 0 Å². The minimum Gasteiger partial charge on any atom is -0.480 e. The lowest BCUT2D eigenvalue weighted by Crippen LogP contribution is -2.46. The van der Waals surface area contributed by atoms with E-state index in [1.54, 1.807) is 18.2 Å². The molecule has 7 heteroatoms. The molecule has 27 heavy (non-hydrogen) atoms. The summed E-state index contributed by atoms with van der Waals surface area (Å²) in [5, 5.41) is 11.1. The molecule has 2 aliphatic rings. The highest BCUT2D eigenvalue weighted by Crippen LogP contribution is 2.34. The van der Waals surface area contributed by atoms with Crippen LogP contribution in [0.1, 0.15) is 41.4 Å². The van der Waals surface area contributed by atoms with Crippen LogP contribution in [0.3, 0.4) is 0 Å². The number of carboxylic acids is 1. The number of aliphatic carboxylic acids is 1. The number of nitrogens with zero attached hydrogens (tertiary/aromatic N) is 3. The Morgan fingerprint density at radius 1 is 1.30 bits per heavy atom. The predicted octanol–water partition coefficient (Wildman–Crippen LogP) is 2.05. The van der Waals surface area contributed by atoms with Crippen LogP contribution < -0.4 is 10.2 Å². The van der Waals surface area contributed by atoms with Gasteiger partial charge in [0.25, 0.3) is 5.91 Å². The van der Waals surface area contributed by atoms with Crippen molar-refractivity contribution >= 4 is 17.8 Å². The van der Waals surface area contributed by atoms with Gasteiger partial charge in [0, 0.05) is 35.0 Å². The quantitative estimate of drug-likeness (QED) is 0.841. The van der Waals surface area contributed by atoms with Gasteiger partial charge in [-0.15, -0.1) is 0 Å². The van der Waals surface area contributed by atoms with Crippen LogP contribution in [0.5, 0.6) is 0 Å². The molecule has 1 fully saturated rings. The second-order valence-electron chi connectivity index (χ2n) is 7.14. The van der Waals surface area contributed by atoms with Crippen LogP contribution in [0.25, 0.3) is 11.3 Å². The monoisotopic (exact) mass is 366 g/mol. The van der Waals surface area contributed by atoms with Gasteiger partial charge < -0.3 is 15.3 Å². The van der Waals surface area contributed by atoms with E-state index in [4.69, 9.17) is 15.1 Å². The van der Waals surface area contributed by atoms with E-state index in [9.17, 15) is 9.59 Å². The molecule has 1 aliphatic carbocycles. The zero-order valence-electron chi connectivity index (χ0n) is 15.2. The van der Waals surface area contributed by atoms with Crippen LogP contribution in [0.4, 0.5) is 5.95 Å². The zero-order chi connectivity index (χ0) is 19.0. The molecule has 1 aromatic heterocycles. The smallest absolute Gasteiger partial charge is 0.322 e. The number of aromatic nitrogens is 2. The standard InChI is InChI=1S/C20H22N4O3/c1-12-8-9-24(12)20-22-16-7-3-6-15(16)18(23-20)13-4-2-5-14(10-13)19(27)21-11-17(25)26/h2,4-5,10,12H,3,6-9,11H2,1H3,(H,21,27)(H,25,26)/t12-/m0/s1. The fraction of sp³-hybridized carbons (Fsp3) is 0.400. The van der Waals surface area contributed by atoms with Gasteiger partial charge in [-0.2, -0.15) is 0 Å². The van der Waals surface area contributed by atoms with Gasteiger partial charge in [0.05, 0.1) is 5.69 Å². The molecule has 4 rings (SSSR count). The Kier molecular flexibility index (Phi) is 4.51. The molecule has 2 aromatic rings. The van der Waals surface area contributed by atoms with Crippen LogP contribution in [0.15, 0.2) is 24.3 Å². The molecule has 0 radical (unpaired) electrons. The summed E-state index contributed by atoms with van der Waals surface area (Å²) in [6, 6.07) is 7.66. The molecular formula is C20H22N4O3. The third-order valence-electron chi connectivity index (χ3n) is 5.30. The maximum atomic E-state index is 12.2. The Labute approximate surface area is 157 Å². The fourth-order valence-corrected chi connectivity index (χ4v) is 3.67. The van der Waals surface area contributed by atoms with Gasteiger partial charge in [0.2, 0.25) is 5.95 Å². The molecule has 0 spiro atoms. The Bertz CT molecular complexity index is 912. The van der Waals surface area contributed by atoms with Crippen LogP contribution in [0, 0.1) is 0 Å². The molecule has 1 atom stereocenters. The van der Waals surface area contributed by atoms with E-state index in [0.717, 1.165) is 60.7 Å². The highest BCUT2D eigenvalue weighted by molar-refractivity contribution is 5.96. The Morgan fingerprint density at radius 3 is 2.85 bits per heavy atom. The summed E-state index contributed by atoms with van der Waals surface area (Å²) in [5.41, 5.74) is 4.45. The first-order valence-corrected chi connectivity index (χ1v) is 9.30. The van der Waals surface area contributed by atoms with Gasteiger partial charge in [-0.3, -0.25) is 9.59 Å². The van der Waals surface area contributed by atoms with Crippen molar-refractivity contribution in [3.8, 4) is 11.3 Å². The predicted molar refractivity (Wildman–Crippen MR) is 101 cm³/mol. The summed E-state index contributed by atoms with van der Waals surface area (Å²) in [7, 11) is 0. The molecule has 1 saturated heterocycles. The van der Waals surface area contributed by atoms with Crippen LogP contribution in [-0.4, -0.2) is 46.1 Å². The molecule has 0 unspecified atom stereocenters. The Hall–Kier alpha value is -2.96. The van der Waals surface area contributed by atoms with E-state index in [-0.39, 0.29) is 0 Å². The second kappa shape index (κ2) is 6.98. The summed E-state index contributed by atoms with van der Waals surface area (Å²) in [4.78, 5) is 34.8. The number of carboxylic acid groups (broad SMARTS) is 1. The molecular weight excluding hydrogens is 344 g/mol. The SMILES string of the molecule is C[C@H]1CCN1c1nc2c(c(-c3cccc(C(=O)NCC(=O)O)c3)n1)CCC2. The van der Waals surface area contributed by atoms with Crippen molar-refractivity contribution in [3.05, 3.63) is 41.1 Å². The first-order chi connectivity index (χ1) is 13.0.